The normalized spacial score (nSPS) is 12.6. The predicted octanol–water partition coefficient (Wildman–Crippen LogP) is 1.56. The van der Waals surface area contributed by atoms with Gasteiger partial charge in [-0.05, 0) is 41.9 Å². The van der Waals surface area contributed by atoms with Crippen molar-refractivity contribution in [3.05, 3.63) is 41.2 Å². The van der Waals surface area contributed by atoms with E-state index in [2.05, 4.69) is 52.0 Å². The van der Waals surface area contributed by atoms with Crippen LogP contribution in [0.2, 0.25) is 0 Å². The van der Waals surface area contributed by atoms with E-state index in [1.807, 2.05) is 18.7 Å². The molecule has 1 atom stereocenters. The van der Waals surface area contributed by atoms with Crippen molar-refractivity contribution in [3.63, 3.8) is 0 Å². The maximum absolute atomic E-state index is 4.06. The van der Waals surface area contributed by atoms with Crippen LogP contribution in [0.4, 0.5) is 0 Å². The summed E-state index contributed by atoms with van der Waals surface area (Å²) in [6, 6.07) is 8.72. The van der Waals surface area contributed by atoms with E-state index in [0.717, 1.165) is 12.2 Å². The fourth-order valence-corrected chi connectivity index (χ4v) is 1.82. The number of nitrogens with zero attached hydrogens (tertiary/aromatic N) is 4. The second-order valence-electron chi connectivity index (χ2n) is 4.38. The van der Waals surface area contributed by atoms with Crippen molar-refractivity contribution in [3.8, 4) is 0 Å². The SMILES string of the molecule is CCc1ccc(Cn2nnnc2C(C)NC)cc1. The van der Waals surface area contributed by atoms with Gasteiger partial charge in [0.05, 0.1) is 12.6 Å². The van der Waals surface area contributed by atoms with Crippen LogP contribution in [0.25, 0.3) is 0 Å². The quantitative estimate of drug-likeness (QED) is 0.868. The summed E-state index contributed by atoms with van der Waals surface area (Å²) < 4.78 is 1.84. The van der Waals surface area contributed by atoms with Gasteiger partial charge in [0.25, 0.3) is 0 Å². The summed E-state index contributed by atoms with van der Waals surface area (Å²) in [5.74, 6) is 0.858. The minimum Gasteiger partial charge on any atom is -0.311 e. The maximum Gasteiger partial charge on any atom is 0.168 e. The van der Waals surface area contributed by atoms with E-state index in [9.17, 15) is 0 Å². The van der Waals surface area contributed by atoms with E-state index in [1.165, 1.54) is 11.1 Å². The average Bonchev–Trinajstić information content (AvgIpc) is 2.87. The lowest BCUT2D eigenvalue weighted by molar-refractivity contribution is 0.540. The van der Waals surface area contributed by atoms with Gasteiger partial charge >= 0.3 is 0 Å². The van der Waals surface area contributed by atoms with Crippen molar-refractivity contribution < 1.29 is 0 Å². The summed E-state index contributed by atoms with van der Waals surface area (Å²) in [7, 11) is 1.90. The molecule has 1 unspecified atom stereocenters. The first-order chi connectivity index (χ1) is 8.74. The smallest absolute Gasteiger partial charge is 0.168 e. The molecule has 18 heavy (non-hydrogen) atoms. The van der Waals surface area contributed by atoms with E-state index in [1.54, 1.807) is 0 Å². The summed E-state index contributed by atoms with van der Waals surface area (Å²) in [4.78, 5) is 0. The zero-order valence-corrected chi connectivity index (χ0v) is 11.1. The van der Waals surface area contributed by atoms with Gasteiger partial charge in [0, 0.05) is 0 Å². The summed E-state index contributed by atoms with van der Waals surface area (Å²) in [5, 5.41) is 15.0. The molecule has 0 aliphatic rings. The molecule has 1 heterocycles. The molecule has 0 saturated heterocycles. The molecule has 0 saturated carbocycles. The highest BCUT2D eigenvalue weighted by Crippen LogP contribution is 2.10. The zero-order valence-electron chi connectivity index (χ0n) is 11.1. The maximum atomic E-state index is 4.06. The molecule has 0 spiro atoms. The van der Waals surface area contributed by atoms with Gasteiger partial charge in [-0.25, -0.2) is 4.68 Å². The monoisotopic (exact) mass is 245 g/mol. The lowest BCUT2D eigenvalue weighted by Gasteiger charge is -2.10. The highest BCUT2D eigenvalue weighted by molar-refractivity contribution is 5.22. The molecule has 1 aromatic carbocycles. The number of hydrogen-bond acceptors (Lipinski definition) is 4. The number of hydrogen-bond donors (Lipinski definition) is 1. The molecule has 96 valence electrons. The molecular weight excluding hydrogens is 226 g/mol. The van der Waals surface area contributed by atoms with E-state index in [-0.39, 0.29) is 6.04 Å². The highest BCUT2D eigenvalue weighted by atomic mass is 15.5. The molecule has 0 aliphatic carbocycles. The van der Waals surface area contributed by atoms with Crippen LogP contribution >= 0.6 is 0 Å². The molecule has 5 nitrogen and oxygen atoms in total. The van der Waals surface area contributed by atoms with Crippen molar-refractivity contribution in [1.29, 1.82) is 0 Å². The van der Waals surface area contributed by atoms with Crippen LogP contribution in [-0.4, -0.2) is 27.3 Å². The predicted molar refractivity (Wildman–Crippen MR) is 70.2 cm³/mol. The fraction of sp³-hybridized carbons (Fsp3) is 0.462. The first-order valence-electron chi connectivity index (χ1n) is 6.25. The van der Waals surface area contributed by atoms with Crippen molar-refractivity contribution >= 4 is 0 Å². The van der Waals surface area contributed by atoms with Crippen molar-refractivity contribution in [2.24, 2.45) is 0 Å². The van der Waals surface area contributed by atoms with Gasteiger partial charge in [0.2, 0.25) is 0 Å². The Morgan fingerprint density at radius 1 is 1.22 bits per heavy atom. The number of rotatable bonds is 5. The van der Waals surface area contributed by atoms with Gasteiger partial charge in [-0.3, -0.25) is 0 Å². The van der Waals surface area contributed by atoms with Crippen LogP contribution in [0, 0.1) is 0 Å². The van der Waals surface area contributed by atoms with E-state index in [0.29, 0.717) is 6.54 Å². The van der Waals surface area contributed by atoms with Crippen LogP contribution < -0.4 is 5.32 Å². The Bertz CT molecular complexity index is 488. The third kappa shape index (κ3) is 2.73. The summed E-state index contributed by atoms with van der Waals surface area (Å²) >= 11 is 0. The second-order valence-corrected chi connectivity index (χ2v) is 4.38. The molecule has 0 aliphatic heterocycles. The highest BCUT2D eigenvalue weighted by Gasteiger charge is 2.12. The van der Waals surface area contributed by atoms with Crippen LogP contribution in [0.15, 0.2) is 24.3 Å². The van der Waals surface area contributed by atoms with Gasteiger partial charge in [-0.15, -0.1) is 5.10 Å². The van der Waals surface area contributed by atoms with Crippen LogP contribution in [0.5, 0.6) is 0 Å². The van der Waals surface area contributed by atoms with Crippen LogP contribution in [-0.2, 0) is 13.0 Å². The Labute approximate surface area is 107 Å². The third-order valence-electron chi connectivity index (χ3n) is 3.14. The van der Waals surface area contributed by atoms with Crippen LogP contribution in [0.3, 0.4) is 0 Å². The van der Waals surface area contributed by atoms with Crippen molar-refractivity contribution in [2.45, 2.75) is 32.9 Å². The lowest BCUT2D eigenvalue weighted by Crippen LogP contribution is -2.19. The molecule has 1 aromatic heterocycles. The largest absolute Gasteiger partial charge is 0.311 e. The molecular formula is C13H19N5. The van der Waals surface area contributed by atoms with Crippen molar-refractivity contribution in [1.82, 2.24) is 25.5 Å². The van der Waals surface area contributed by atoms with E-state index >= 15 is 0 Å². The molecule has 0 amide bonds. The minimum atomic E-state index is 0.148. The Hall–Kier alpha value is -1.75. The fourth-order valence-electron chi connectivity index (χ4n) is 1.82. The summed E-state index contributed by atoms with van der Waals surface area (Å²) in [5.41, 5.74) is 2.56. The second kappa shape index (κ2) is 5.73. The minimum absolute atomic E-state index is 0.148. The van der Waals surface area contributed by atoms with E-state index < -0.39 is 0 Å². The van der Waals surface area contributed by atoms with Crippen molar-refractivity contribution in [2.75, 3.05) is 7.05 Å². The lowest BCUT2D eigenvalue weighted by atomic mass is 10.1. The number of tetrazole rings is 1. The third-order valence-corrected chi connectivity index (χ3v) is 3.14. The average molecular weight is 245 g/mol. The Morgan fingerprint density at radius 3 is 2.50 bits per heavy atom. The first-order valence-corrected chi connectivity index (χ1v) is 6.25. The number of aromatic nitrogens is 4. The molecule has 0 bridgehead atoms. The molecule has 5 heteroatoms. The van der Waals surface area contributed by atoms with Gasteiger partial charge in [0.15, 0.2) is 5.82 Å². The van der Waals surface area contributed by atoms with Gasteiger partial charge in [0.1, 0.15) is 0 Å². The zero-order chi connectivity index (χ0) is 13.0. The van der Waals surface area contributed by atoms with Gasteiger partial charge < -0.3 is 5.32 Å². The first kappa shape index (κ1) is 12.7. The summed E-state index contributed by atoms with van der Waals surface area (Å²) in [6.45, 7) is 4.91. The summed E-state index contributed by atoms with van der Waals surface area (Å²) in [6.07, 6.45) is 1.06. The Balaban J connectivity index is 2.15. The molecule has 2 rings (SSSR count). The molecule has 2 aromatic rings. The number of benzene rings is 1. The standard InChI is InChI=1S/C13H19N5/c1-4-11-5-7-12(8-6-11)9-18-13(10(2)14-3)15-16-17-18/h5-8,10,14H,4,9H2,1-3H3. The van der Waals surface area contributed by atoms with Gasteiger partial charge in [-0.1, -0.05) is 31.2 Å². The number of nitrogens with one attached hydrogen (secondary N) is 1. The Morgan fingerprint density at radius 2 is 1.89 bits per heavy atom. The molecule has 0 radical (unpaired) electrons. The Kier molecular flexibility index (Phi) is 4.04. The topological polar surface area (TPSA) is 55.6 Å². The van der Waals surface area contributed by atoms with E-state index in [4.69, 9.17) is 0 Å². The molecule has 0 fully saturated rings. The number of aryl methyl sites for hydroxylation is 1. The molecule has 1 N–H and O–H groups in total. The van der Waals surface area contributed by atoms with Crippen LogP contribution in [0.1, 0.15) is 36.8 Å². The van der Waals surface area contributed by atoms with Gasteiger partial charge in [-0.2, -0.15) is 0 Å².